The Morgan fingerprint density at radius 3 is 2.55 bits per heavy atom. The highest BCUT2D eigenvalue weighted by atomic mass is 16.5. The molecule has 5 nitrogen and oxygen atoms in total. The van der Waals surface area contributed by atoms with E-state index >= 15 is 0 Å². The van der Waals surface area contributed by atoms with E-state index in [4.69, 9.17) is 4.74 Å². The van der Waals surface area contributed by atoms with Gasteiger partial charge in [0.25, 0.3) is 5.91 Å². The summed E-state index contributed by atoms with van der Waals surface area (Å²) < 4.78 is 5.15. The monoisotopic (exact) mass is 294 g/mol. The molecule has 1 aliphatic rings. The molecule has 1 aliphatic heterocycles. The lowest BCUT2D eigenvalue weighted by Crippen LogP contribution is -2.30. The molecule has 0 bridgehead atoms. The third-order valence-electron chi connectivity index (χ3n) is 3.30. The summed E-state index contributed by atoms with van der Waals surface area (Å²) >= 11 is 0. The van der Waals surface area contributed by atoms with Crippen LogP contribution >= 0.6 is 0 Å². The van der Waals surface area contributed by atoms with Gasteiger partial charge in [-0.25, -0.2) is 9.69 Å². The Hall–Kier alpha value is -3.08. The molecule has 0 atom stereocenters. The number of carbonyl (C=O) groups excluding carboxylic acids is 2. The molecule has 0 aromatic heterocycles. The first-order chi connectivity index (χ1) is 10.7. The van der Waals surface area contributed by atoms with Gasteiger partial charge < -0.3 is 10.1 Å². The molecule has 5 heteroatoms. The van der Waals surface area contributed by atoms with E-state index in [1.807, 2.05) is 24.3 Å². The van der Waals surface area contributed by atoms with Crippen LogP contribution in [-0.4, -0.2) is 19.0 Å². The van der Waals surface area contributed by atoms with Crippen LogP contribution in [0.3, 0.4) is 0 Å². The largest absolute Gasteiger partial charge is 0.497 e. The molecule has 1 N–H and O–H groups in total. The molecular weight excluding hydrogens is 280 g/mol. The molecule has 0 aliphatic carbocycles. The molecule has 1 fully saturated rings. The maximum absolute atomic E-state index is 12.4. The van der Waals surface area contributed by atoms with Gasteiger partial charge in [-0.05, 0) is 35.9 Å². The average Bonchev–Trinajstić information content (AvgIpc) is 2.82. The molecule has 0 saturated carbocycles. The fourth-order valence-electron chi connectivity index (χ4n) is 2.24. The van der Waals surface area contributed by atoms with Crippen LogP contribution in [0.4, 0.5) is 10.5 Å². The number of urea groups is 1. The summed E-state index contributed by atoms with van der Waals surface area (Å²) in [5.74, 6) is 0.310. The molecule has 0 unspecified atom stereocenters. The lowest BCUT2D eigenvalue weighted by atomic mass is 10.2. The van der Waals surface area contributed by atoms with Crippen molar-refractivity contribution in [2.75, 3.05) is 12.0 Å². The number of benzene rings is 2. The van der Waals surface area contributed by atoms with Crippen LogP contribution < -0.4 is 15.0 Å². The molecule has 3 rings (SSSR count). The standard InChI is InChI=1S/C17H14N2O3/c1-22-14-9-5-6-12(10-14)11-15-16(20)19(17(21)18-15)13-7-3-2-4-8-13/h2-11H,1H3,(H,18,21)/b15-11+. The molecular formula is C17H14N2O3. The van der Waals surface area contributed by atoms with Gasteiger partial charge in [0.05, 0.1) is 12.8 Å². The van der Waals surface area contributed by atoms with Crippen molar-refractivity contribution in [3.8, 4) is 5.75 Å². The smallest absolute Gasteiger partial charge is 0.333 e. The average molecular weight is 294 g/mol. The highest BCUT2D eigenvalue weighted by Gasteiger charge is 2.34. The number of anilines is 1. The van der Waals surface area contributed by atoms with E-state index < -0.39 is 6.03 Å². The Morgan fingerprint density at radius 2 is 1.82 bits per heavy atom. The van der Waals surface area contributed by atoms with Crippen LogP contribution in [0, 0.1) is 0 Å². The van der Waals surface area contributed by atoms with Crippen LogP contribution in [0.15, 0.2) is 60.3 Å². The molecule has 0 spiro atoms. The number of para-hydroxylation sites is 1. The van der Waals surface area contributed by atoms with E-state index in [1.165, 1.54) is 0 Å². The zero-order chi connectivity index (χ0) is 15.5. The van der Waals surface area contributed by atoms with Crippen LogP contribution in [0.5, 0.6) is 5.75 Å². The molecule has 2 aromatic rings. The number of rotatable bonds is 3. The van der Waals surface area contributed by atoms with Crippen LogP contribution in [0.25, 0.3) is 6.08 Å². The Bertz CT molecular complexity index is 754. The van der Waals surface area contributed by atoms with Crippen molar-refractivity contribution in [1.82, 2.24) is 5.32 Å². The van der Waals surface area contributed by atoms with Crippen LogP contribution in [0.2, 0.25) is 0 Å². The van der Waals surface area contributed by atoms with E-state index in [0.717, 1.165) is 10.5 Å². The summed E-state index contributed by atoms with van der Waals surface area (Å²) in [4.78, 5) is 25.6. The minimum Gasteiger partial charge on any atom is -0.497 e. The summed E-state index contributed by atoms with van der Waals surface area (Å²) in [6, 6.07) is 15.6. The van der Waals surface area contributed by atoms with Gasteiger partial charge in [0.15, 0.2) is 0 Å². The Labute approximate surface area is 127 Å². The highest BCUT2D eigenvalue weighted by molar-refractivity contribution is 6.28. The van der Waals surface area contributed by atoms with Crippen molar-refractivity contribution in [2.45, 2.75) is 0 Å². The first kappa shape index (κ1) is 13.9. The SMILES string of the molecule is COc1cccc(/C=C2/NC(=O)N(c3ccccc3)C2=O)c1. The zero-order valence-electron chi connectivity index (χ0n) is 11.9. The quantitative estimate of drug-likeness (QED) is 0.699. The van der Waals surface area contributed by atoms with E-state index in [-0.39, 0.29) is 11.6 Å². The van der Waals surface area contributed by atoms with E-state index in [0.29, 0.717) is 11.4 Å². The van der Waals surface area contributed by atoms with Crippen LogP contribution in [-0.2, 0) is 4.79 Å². The second-order valence-electron chi connectivity index (χ2n) is 4.74. The summed E-state index contributed by atoms with van der Waals surface area (Å²) in [5.41, 5.74) is 1.55. The minimum atomic E-state index is -0.453. The summed E-state index contributed by atoms with van der Waals surface area (Å²) in [6.45, 7) is 0. The first-order valence-electron chi connectivity index (χ1n) is 6.75. The summed E-state index contributed by atoms with van der Waals surface area (Å²) in [7, 11) is 1.58. The second-order valence-corrected chi connectivity index (χ2v) is 4.74. The van der Waals surface area contributed by atoms with Gasteiger partial charge in [-0.3, -0.25) is 4.79 Å². The molecule has 0 radical (unpaired) electrons. The van der Waals surface area contributed by atoms with Crippen molar-refractivity contribution in [1.29, 1.82) is 0 Å². The van der Waals surface area contributed by atoms with Crippen molar-refractivity contribution in [3.63, 3.8) is 0 Å². The maximum atomic E-state index is 12.4. The number of hydrogen-bond donors (Lipinski definition) is 1. The maximum Gasteiger partial charge on any atom is 0.333 e. The predicted octanol–water partition coefficient (Wildman–Crippen LogP) is 2.79. The van der Waals surface area contributed by atoms with Gasteiger partial charge in [0.2, 0.25) is 0 Å². The second kappa shape index (κ2) is 5.73. The number of amides is 3. The third-order valence-corrected chi connectivity index (χ3v) is 3.30. The summed E-state index contributed by atoms with van der Waals surface area (Å²) in [6.07, 6.45) is 1.63. The summed E-state index contributed by atoms with van der Waals surface area (Å²) in [5, 5.41) is 2.60. The number of methoxy groups -OCH3 is 1. The molecule has 110 valence electrons. The Kier molecular flexibility index (Phi) is 3.62. The van der Waals surface area contributed by atoms with Gasteiger partial charge in [-0.2, -0.15) is 0 Å². The molecule has 1 heterocycles. The van der Waals surface area contributed by atoms with E-state index in [1.54, 1.807) is 43.5 Å². The van der Waals surface area contributed by atoms with E-state index in [9.17, 15) is 9.59 Å². The van der Waals surface area contributed by atoms with Gasteiger partial charge in [0, 0.05) is 0 Å². The number of ether oxygens (including phenoxy) is 1. The number of carbonyl (C=O) groups is 2. The van der Waals surface area contributed by atoms with Gasteiger partial charge in [-0.1, -0.05) is 30.3 Å². The van der Waals surface area contributed by atoms with E-state index in [2.05, 4.69) is 5.32 Å². The third kappa shape index (κ3) is 2.56. The minimum absolute atomic E-state index is 0.238. The molecule has 3 amide bonds. The Balaban J connectivity index is 1.92. The fraction of sp³-hybridized carbons (Fsp3) is 0.0588. The number of nitrogens with one attached hydrogen (secondary N) is 1. The highest BCUT2D eigenvalue weighted by Crippen LogP contribution is 2.22. The van der Waals surface area contributed by atoms with Crippen molar-refractivity contribution < 1.29 is 14.3 Å². The number of hydrogen-bond acceptors (Lipinski definition) is 3. The van der Waals surface area contributed by atoms with Crippen molar-refractivity contribution >= 4 is 23.7 Å². The van der Waals surface area contributed by atoms with Crippen LogP contribution in [0.1, 0.15) is 5.56 Å². The topological polar surface area (TPSA) is 58.6 Å². The normalized spacial score (nSPS) is 16.0. The zero-order valence-corrected chi connectivity index (χ0v) is 11.9. The lowest BCUT2D eigenvalue weighted by molar-refractivity contribution is -0.113. The number of imide groups is 1. The predicted molar refractivity (Wildman–Crippen MR) is 83.4 cm³/mol. The fourth-order valence-corrected chi connectivity index (χ4v) is 2.24. The molecule has 2 aromatic carbocycles. The lowest BCUT2D eigenvalue weighted by Gasteiger charge is -2.10. The number of nitrogens with zero attached hydrogens (tertiary/aromatic N) is 1. The van der Waals surface area contributed by atoms with Crippen molar-refractivity contribution in [3.05, 3.63) is 65.9 Å². The van der Waals surface area contributed by atoms with Gasteiger partial charge in [0.1, 0.15) is 11.4 Å². The van der Waals surface area contributed by atoms with Crippen molar-refractivity contribution in [2.24, 2.45) is 0 Å². The van der Waals surface area contributed by atoms with Gasteiger partial charge >= 0.3 is 6.03 Å². The molecule has 22 heavy (non-hydrogen) atoms. The molecule has 1 saturated heterocycles. The van der Waals surface area contributed by atoms with Gasteiger partial charge in [-0.15, -0.1) is 0 Å². The Morgan fingerprint density at radius 1 is 1.05 bits per heavy atom. The first-order valence-corrected chi connectivity index (χ1v) is 6.75.